The van der Waals surface area contributed by atoms with E-state index in [1.54, 1.807) is 6.92 Å². The minimum atomic E-state index is -0.345. The Morgan fingerprint density at radius 3 is 2.55 bits per heavy atom. The van der Waals surface area contributed by atoms with Crippen LogP contribution < -0.4 is 0 Å². The van der Waals surface area contributed by atoms with Crippen LogP contribution in [0.3, 0.4) is 0 Å². The molecule has 3 atom stereocenters. The zero-order valence-electron chi connectivity index (χ0n) is 7.21. The molecule has 1 fully saturated rings. The molecule has 2 nitrogen and oxygen atoms in total. The molecule has 0 bridgehead atoms. The van der Waals surface area contributed by atoms with Gasteiger partial charge in [0.25, 0.3) is 0 Å². The van der Waals surface area contributed by atoms with Crippen LogP contribution in [0.25, 0.3) is 0 Å². The van der Waals surface area contributed by atoms with E-state index in [1.165, 1.54) is 0 Å². The van der Waals surface area contributed by atoms with E-state index in [4.69, 9.17) is 0 Å². The highest BCUT2D eigenvalue weighted by Crippen LogP contribution is 2.29. The van der Waals surface area contributed by atoms with Crippen LogP contribution in [0.5, 0.6) is 0 Å². The van der Waals surface area contributed by atoms with E-state index >= 15 is 0 Å². The quantitative estimate of drug-likeness (QED) is 0.655. The molecular formula is C9H16O2. The summed E-state index contributed by atoms with van der Waals surface area (Å²) in [6.45, 7) is 3.72. The van der Waals surface area contributed by atoms with Gasteiger partial charge in [-0.3, -0.25) is 4.79 Å². The van der Waals surface area contributed by atoms with E-state index in [2.05, 4.69) is 0 Å². The third-order valence-electron chi connectivity index (χ3n) is 2.75. The summed E-state index contributed by atoms with van der Waals surface area (Å²) in [5, 5.41) is 9.25. The SMILES string of the molecule is CC(O)C(C)C1CCCC1=O. The van der Waals surface area contributed by atoms with Crippen molar-refractivity contribution >= 4 is 5.78 Å². The molecule has 11 heavy (non-hydrogen) atoms. The molecule has 0 aromatic rings. The second kappa shape index (κ2) is 3.35. The number of aliphatic hydroxyl groups is 1. The first-order chi connectivity index (χ1) is 5.13. The highest BCUT2D eigenvalue weighted by Gasteiger charge is 2.31. The Labute approximate surface area is 67.6 Å². The third-order valence-corrected chi connectivity index (χ3v) is 2.75. The van der Waals surface area contributed by atoms with E-state index < -0.39 is 0 Å². The van der Waals surface area contributed by atoms with Gasteiger partial charge in [0, 0.05) is 12.3 Å². The molecule has 3 unspecified atom stereocenters. The molecule has 0 amide bonds. The van der Waals surface area contributed by atoms with Gasteiger partial charge in [0.15, 0.2) is 0 Å². The molecule has 1 aliphatic rings. The lowest BCUT2D eigenvalue weighted by Crippen LogP contribution is -2.25. The summed E-state index contributed by atoms with van der Waals surface area (Å²) < 4.78 is 0. The summed E-state index contributed by atoms with van der Waals surface area (Å²) in [6.07, 6.45) is 2.37. The lowest BCUT2D eigenvalue weighted by atomic mass is 9.88. The second-order valence-corrected chi connectivity index (χ2v) is 3.56. The Hall–Kier alpha value is -0.370. The zero-order valence-corrected chi connectivity index (χ0v) is 7.21. The van der Waals surface area contributed by atoms with E-state index in [-0.39, 0.29) is 17.9 Å². The van der Waals surface area contributed by atoms with Gasteiger partial charge in [0.2, 0.25) is 0 Å². The zero-order chi connectivity index (χ0) is 8.43. The summed E-state index contributed by atoms with van der Waals surface area (Å²) in [5.41, 5.74) is 0. The molecule has 64 valence electrons. The number of aliphatic hydroxyl groups excluding tert-OH is 1. The average Bonchev–Trinajstić information content (AvgIpc) is 2.33. The van der Waals surface area contributed by atoms with Crippen molar-refractivity contribution in [3.63, 3.8) is 0 Å². The number of Topliss-reactive ketones (excluding diaryl/α,β-unsaturated/α-hetero) is 1. The van der Waals surface area contributed by atoms with Gasteiger partial charge in [0.05, 0.1) is 6.10 Å². The topological polar surface area (TPSA) is 37.3 Å². The monoisotopic (exact) mass is 156 g/mol. The second-order valence-electron chi connectivity index (χ2n) is 3.56. The van der Waals surface area contributed by atoms with Crippen LogP contribution >= 0.6 is 0 Å². The Kier molecular flexibility index (Phi) is 2.66. The van der Waals surface area contributed by atoms with Crippen molar-refractivity contribution in [1.82, 2.24) is 0 Å². The first kappa shape index (κ1) is 8.72. The molecule has 2 heteroatoms. The smallest absolute Gasteiger partial charge is 0.136 e. The molecule has 0 aliphatic heterocycles. The number of carbonyl (C=O) groups excluding carboxylic acids is 1. The first-order valence-electron chi connectivity index (χ1n) is 4.33. The van der Waals surface area contributed by atoms with Crippen molar-refractivity contribution in [2.24, 2.45) is 11.8 Å². The molecule has 0 aromatic heterocycles. The van der Waals surface area contributed by atoms with Crippen LogP contribution in [0.15, 0.2) is 0 Å². The van der Waals surface area contributed by atoms with Gasteiger partial charge < -0.3 is 5.11 Å². The lowest BCUT2D eigenvalue weighted by Gasteiger charge is -2.19. The number of carbonyl (C=O) groups is 1. The molecule has 0 spiro atoms. The Balaban J connectivity index is 2.52. The molecule has 0 saturated heterocycles. The minimum Gasteiger partial charge on any atom is -0.393 e. The van der Waals surface area contributed by atoms with Crippen LogP contribution in [0.4, 0.5) is 0 Å². The largest absolute Gasteiger partial charge is 0.393 e. The van der Waals surface area contributed by atoms with Crippen LogP contribution in [0.2, 0.25) is 0 Å². The van der Waals surface area contributed by atoms with Gasteiger partial charge in [-0.25, -0.2) is 0 Å². The number of rotatable bonds is 2. The van der Waals surface area contributed by atoms with Gasteiger partial charge in [0.1, 0.15) is 5.78 Å². The van der Waals surface area contributed by atoms with E-state index in [0.717, 1.165) is 19.3 Å². The van der Waals surface area contributed by atoms with Crippen LogP contribution in [0.1, 0.15) is 33.1 Å². The molecule has 0 radical (unpaired) electrons. The van der Waals surface area contributed by atoms with Crippen molar-refractivity contribution in [2.75, 3.05) is 0 Å². The maximum absolute atomic E-state index is 11.2. The summed E-state index contributed by atoms with van der Waals surface area (Å²) in [6, 6.07) is 0. The van der Waals surface area contributed by atoms with Crippen molar-refractivity contribution in [2.45, 2.75) is 39.2 Å². The number of ketones is 1. The molecule has 1 rings (SSSR count). The fraction of sp³-hybridized carbons (Fsp3) is 0.889. The Morgan fingerprint density at radius 2 is 2.18 bits per heavy atom. The van der Waals surface area contributed by atoms with Crippen molar-refractivity contribution < 1.29 is 9.90 Å². The third kappa shape index (κ3) is 1.80. The Bertz CT molecular complexity index is 152. The average molecular weight is 156 g/mol. The summed E-state index contributed by atoms with van der Waals surface area (Å²) in [5.74, 6) is 0.624. The predicted octanol–water partition coefficient (Wildman–Crippen LogP) is 1.37. The van der Waals surface area contributed by atoms with Crippen molar-refractivity contribution in [3.05, 3.63) is 0 Å². The predicted molar refractivity (Wildman–Crippen MR) is 43.2 cm³/mol. The van der Waals surface area contributed by atoms with E-state index in [1.807, 2.05) is 6.92 Å². The van der Waals surface area contributed by atoms with Crippen LogP contribution in [0, 0.1) is 11.8 Å². The molecule has 0 aromatic carbocycles. The number of hydrogen-bond acceptors (Lipinski definition) is 2. The van der Waals surface area contributed by atoms with Crippen molar-refractivity contribution in [1.29, 1.82) is 0 Å². The van der Waals surface area contributed by atoms with Gasteiger partial charge in [-0.15, -0.1) is 0 Å². The maximum Gasteiger partial charge on any atom is 0.136 e. The maximum atomic E-state index is 11.2. The van der Waals surface area contributed by atoms with Crippen LogP contribution in [-0.2, 0) is 4.79 Å². The van der Waals surface area contributed by atoms with Gasteiger partial charge in [-0.2, -0.15) is 0 Å². The minimum absolute atomic E-state index is 0.134. The molecule has 0 heterocycles. The summed E-state index contributed by atoms with van der Waals surface area (Å²) in [4.78, 5) is 11.2. The normalized spacial score (nSPS) is 30.5. The van der Waals surface area contributed by atoms with E-state index in [0.29, 0.717) is 5.78 Å². The number of hydrogen-bond donors (Lipinski definition) is 1. The van der Waals surface area contributed by atoms with Gasteiger partial charge in [-0.05, 0) is 25.7 Å². The first-order valence-corrected chi connectivity index (χ1v) is 4.33. The molecule has 1 saturated carbocycles. The molecule has 1 aliphatic carbocycles. The fourth-order valence-electron chi connectivity index (χ4n) is 1.73. The lowest BCUT2D eigenvalue weighted by molar-refractivity contribution is -0.123. The van der Waals surface area contributed by atoms with Gasteiger partial charge >= 0.3 is 0 Å². The highest BCUT2D eigenvalue weighted by molar-refractivity contribution is 5.83. The summed E-state index contributed by atoms with van der Waals surface area (Å²) >= 11 is 0. The van der Waals surface area contributed by atoms with Crippen molar-refractivity contribution in [3.8, 4) is 0 Å². The fourth-order valence-corrected chi connectivity index (χ4v) is 1.73. The Morgan fingerprint density at radius 1 is 1.55 bits per heavy atom. The van der Waals surface area contributed by atoms with Crippen LogP contribution in [-0.4, -0.2) is 17.0 Å². The van der Waals surface area contributed by atoms with E-state index in [9.17, 15) is 9.90 Å². The molecular weight excluding hydrogens is 140 g/mol. The highest BCUT2D eigenvalue weighted by atomic mass is 16.3. The molecule has 1 N–H and O–H groups in total. The standard InChI is InChI=1S/C9H16O2/c1-6(7(2)10)8-4-3-5-9(8)11/h6-8,10H,3-5H2,1-2H3. The summed E-state index contributed by atoms with van der Waals surface area (Å²) in [7, 11) is 0. The van der Waals surface area contributed by atoms with Gasteiger partial charge in [-0.1, -0.05) is 6.92 Å².